The van der Waals surface area contributed by atoms with E-state index in [-0.39, 0.29) is 10.8 Å². The van der Waals surface area contributed by atoms with Gasteiger partial charge in [0.2, 0.25) is 0 Å². The molecule has 2 aromatic rings. The van der Waals surface area contributed by atoms with Gasteiger partial charge in [0.05, 0.1) is 22.8 Å². The highest BCUT2D eigenvalue weighted by molar-refractivity contribution is 7.80. The number of ether oxygens (including phenoxy) is 2. The Hall–Kier alpha value is -3.04. The van der Waals surface area contributed by atoms with Crippen molar-refractivity contribution < 1.29 is 19.2 Å². The Balaban J connectivity index is 1.98. The minimum Gasteiger partial charge on any atom is -0.491 e. The van der Waals surface area contributed by atoms with Crippen LogP contribution in [0.1, 0.15) is 22.8 Å². The van der Waals surface area contributed by atoms with E-state index >= 15 is 0 Å². The maximum Gasteiger partial charge on any atom is 0.274 e. The van der Waals surface area contributed by atoms with Crippen LogP contribution >= 0.6 is 12.2 Å². The molecule has 2 rings (SSSR count). The molecule has 2 aromatic carbocycles. The first-order valence-corrected chi connectivity index (χ1v) is 9.00. The fourth-order valence-electron chi connectivity index (χ4n) is 2.38. The summed E-state index contributed by atoms with van der Waals surface area (Å²) in [4.78, 5) is 23.0. The highest BCUT2D eigenvalue weighted by Crippen LogP contribution is 2.25. The molecule has 0 aliphatic rings. The van der Waals surface area contributed by atoms with Crippen LogP contribution in [0.4, 0.5) is 11.4 Å². The van der Waals surface area contributed by atoms with Crippen molar-refractivity contribution in [2.24, 2.45) is 0 Å². The molecule has 1 amide bonds. The number of nitro benzene ring substituents is 1. The minimum absolute atomic E-state index is 0.0315. The van der Waals surface area contributed by atoms with Crippen LogP contribution in [0, 0.1) is 17.0 Å². The highest BCUT2D eigenvalue weighted by Gasteiger charge is 2.15. The zero-order valence-electron chi connectivity index (χ0n) is 15.6. The molecule has 0 saturated heterocycles. The van der Waals surface area contributed by atoms with Crippen molar-refractivity contribution in [3.8, 4) is 5.75 Å². The summed E-state index contributed by atoms with van der Waals surface area (Å²) < 4.78 is 10.7. The van der Waals surface area contributed by atoms with Crippen molar-refractivity contribution in [2.75, 3.05) is 25.1 Å². The van der Waals surface area contributed by atoms with Gasteiger partial charge in [-0.3, -0.25) is 20.2 Å². The van der Waals surface area contributed by atoms with E-state index in [0.717, 1.165) is 0 Å². The minimum atomic E-state index is -0.473. The number of anilines is 1. The van der Waals surface area contributed by atoms with Crippen LogP contribution in [0.3, 0.4) is 0 Å². The van der Waals surface area contributed by atoms with E-state index in [1.54, 1.807) is 43.3 Å². The lowest BCUT2D eigenvalue weighted by Gasteiger charge is -2.12. The van der Waals surface area contributed by atoms with Gasteiger partial charge >= 0.3 is 0 Å². The molecule has 0 heterocycles. The van der Waals surface area contributed by atoms with E-state index in [2.05, 4.69) is 10.6 Å². The van der Waals surface area contributed by atoms with Crippen LogP contribution in [0.15, 0.2) is 42.5 Å². The number of rotatable bonds is 8. The number of carbonyl (C=O) groups is 1. The predicted octanol–water partition coefficient (Wildman–Crippen LogP) is 3.45. The quantitative estimate of drug-likeness (QED) is 0.301. The van der Waals surface area contributed by atoms with Gasteiger partial charge in [0.25, 0.3) is 11.6 Å². The first kappa shape index (κ1) is 21.3. The molecule has 0 aliphatic heterocycles. The van der Waals surface area contributed by atoms with Crippen molar-refractivity contribution in [2.45, 2.75) is 13.8 Å². The topological polar surface area (TPSA) is 103 Å². The SMILES string of the molecule is CCOCCOc1cccc(C(=O)NC(=S)Nc2cccc([N+](=O)[O-])c2C)c1. The van der Waals surface area contributed by atoms with Gasteiger partial charge in [-0.25, -0.2) is 0 Å². The molecule has 0 spiro atoms. The molecule has 0 aliphatic carbocycles. The zero-order chi connectivity index (χ0) is 20.5. The summed E-state index contributed by atoms with van der Waals surface area (Å²) >= 11 is 5.15. The van der Waals surface area contributed by atoms with Gasteiger partial charge in [-0.2, -0.15) is 0 Å². The maximum atomic E-state index is 12.4. The molecule has 2 N–H and O–H groups in total. The first-order valence-electron chi connectivity index (χ1n) is 8.59. The monoisotopic (exact) mass is 403 g/mol. The molecule has 0 atom stereocenters. The number of hydrogen-bond donors (Lipinski definition) is 2. The summed E-state index contributed by atoms with van der Waals surface area (Å²) in [6, 6.07) is 11.3. The number of thiocarbonyl (C=S) groups is 1. The molecule has 0 radical (unpaired) electrons. The van der Waals surface area contributed by atoms with Crippen LogP contribution in [0.25, 0.3) is 0 Å². The van der Waals surface area contributed by atoms with Crippen LogP contribution in [0.5, 0.6) is 5.75 Å². The van der Waals surface area contributed by atoms with Crippen molar-refractivity contribution in [1.82, 2.24) is 5.32 Å². The molecule has 148 valence electrons. The first-order chi connectivity index (χ1) is 13.4. The third-order valence-corrected chi connectivity index (χ3v) is 3.98. The molecule has 0 aromatic heterocycles. The van der Waals surface area contributed by atoms with Crippen LogP contribution < -0.4 is 15.4 Å². The summed E-state index contributed by atoms with van der Waals surface area (Å²) in [5.74, 6) is 0.122. The van der Waals surface area contributed by atoms with Crippen LogP contribution in [-0.2, 0) is 4.74 Å². The largest absolute Gasteiger partial charge is 0.491 e. The van der Waals surface area contributed by atoms with Gasteiger partial charge in [0.1, 0.15) is 12.4 Å². The standard InChI is InChI=1S/C19H21N3O5S/c1-3-26-10-11-27-15-7-4-6-14(12-15)18(23)21-19(28)20-16-8-5-9-17(13(16)2)22(24)25/h4-9,12H,3,10-11H2,1-2H3,(H2,20,21,23,28). The van der Waals surface area contributed by atoms with Crippen LogP contribution in [0.2, 0.25) is 0 Å². The Bertz CT molecular complexity index is 872. The summed E-state index contributed by atoms with van der Waals surface area (Å²) in [7, 11) is 0. The third kappa shape index (κ3) is 6.00. The van der Waals surface area contributed by atoms with Crippen molar-refractivity contribution in [3.05, 3.63) is 63.7 Å². The number of nitro groups is 1. The number of nitrogens with zero attached hydrogens (tertiary/aromatic N) is 1. The lowest BCUT2D eigenvalue weighted by atomic mass is 10.1. The summed E-state index contributed by atoms with van der Waals surface area (Å²) in [6.07, 6.45) is 0. The second kappa shape index (κ2) is 10.3. The summed E-state index contributed by atoms with van der Waals surface area (Å²) in [6.45, 7) is 4.96. The average molecular weight is 403 g/mol. The van der Waals surface area contributed by atoms with Crippen molar-refractivity contribution in [1.29, 1.82) is 0 Å². The summed E-state index contributed by atoms with van der Waals surface area (Å²) in [5.41, 5.74) is 1.21. The van der Waals surface area contributed by atoms with E-state index in [9.17, 15) is 14.9 Å². The number of amides is 1. The van der Waals surface area contributed by atoms with E-state index in [1.165, 1.54) is 6.07 Å². The Morgan fingerprint density at radius 3 is 2.68 bits per heavy atom. The molecule has 8 nitrogen and oxygen atoms in total. The van der Waals surface area contributed by atoms with E-state index < -0.39 is 10.8 Å². The molecule has 28 heavy (non-hydrogen) atoms. The number of hydrogen-bond acceptors (Lipinski definition) is 6. The van der Waals surface area contributed by atoms with E-state index in [4.69, 9.17) is 21.7 Å². The van der Waals surface area contributed by atoms with Gasteiger partial charge in [-0.1, -0.05) is 12.1 Å². The molecular formula is C19H21N3O5S. The average Bonchev–Trinajstić information content (AvgIpc) is 2.67. The molecule has 0 saturated carbocycles. The van der Waals surface area contributed by atoms with Gasteiger partial charge in [0, 0.05) is 18.2 Å². The van der Waals surface area contributed by atoms with Gasteiger partial charge in [-0.05, 0) is 50.3 Å². The normalized spacial score (nSPS) is 10.2. The highest BCUT2D eigenvalue weighted by atomic mass is 32.1. The Morgan fingerprint density at radius 2 is 1.96 bits per heavy atom. The Labute approximate surface area is 168 Å². The number of carbonyl (C=O) groups excluding carboxylic acids is 1. The summed E-state index contributed by atoms with van der Waals surface area (Å²) in [5, 5.41) is 16.4. The molecular weight excluding hydrogens is 382 g/mol. The van der Waals surface area contributed by atoms with E-state index in [1.807, 2.05) is 6.92 Å². The smallest absolute Gasteiger partial charge is 0.274 e. The fourth-order valence-corrected chi connectivity index (χ4v) is 2.58. The Kier molecular flexibility index (Phi) is 7.85. The zero-order valence-corrected chi connectivity index (χ0v) is 16.4. The number of benzene rings is 2. The second-order valence-corrected chi connectivity index (χ2v) is 6.10. The third-order valence-electron chi connectivity index (χ3n) is 3.77. The molecule has 0 unspecified atom stereocenters. The lowest BCUT2D eigenvalue weighted by Crippen LogP contribution is -2.34. The second-order valence-electron chi connectivity index (χ2n) is 5.69. The van der Waals surface area contributed by atoms with Crippen molar-refractivity contribution in [3.63, 3.8) is 0 Å². The lowest BCUT2D eigenvalue weighted by molar-refractivity contribution is -0.385. The molecule has 0 fully saturated rings. The number of nitrogens with one attached hydrogen (secondary N) is 2. The molecule has 0 bridgehead atoms. The van der Waals surface area contributed by atoms with E-state index in [0.29, 0.717) is 42.4 Å². The van der Waals surface area contributed by atoms with Gasteiger partial charge in [0.15, 0.2) is 5.11 Å². The van der Waals surface area contributed by atoms with Crippen molar-refractivity contribution >= 4 is 34.6 Å². The Morgan fingerprint density at radius 1 is 1.21 bits per heavy atom. The van der Waals surface area contributed by atoms with Gasteiger partial charge in [-0.15, -0.1) is 0 Å². The van der Waals surface area contributed by atoms with Gasteiger partial charge < -0.3 is 14.8 Å². The fraction of sp³-hybridized carbons (Fsp3) is 0.263. The maximum absolute atomic E-state index is 12.4. The van der Waals surface area contributed by atoms with Crippen LogP contribution in [-0.4, -0.2) is 35.8 Å². The molecule has 9 heteroatoms. The predicted molar refractivity (Wildman–Crippen MR) is 110 cm³/mol.